The molecule has 0 amide bonds. The summed E-state index contributed by atoms with van der Waals surface area (Å²) in [7, 11) is 6.25. The summed E-state index contributed by atoms with van der Waals surface area (Å²) >= 11 is 3.42. The van der Waals surface area contributed by atoms with Gasteiger partial charge in [-0.1, -0.05) is 34.2 Å². The molecule has 5 aliphatic rings. The molecule has 0 aromatic heterocycles. The first-order valence-electron chi connectivity index (χ1n) is 19.2. The van der Waals surface area contributed by atoms with E-state index in [1.54, 1.807) is 64.8 Å². The molecule has 0 radical (unpaired) electrons. The average molecular weight is 870 g/mol. The molecular formula is C46H45BrO12. The molecule has 0 spiro atoms. The number of aromatic hydroxyl groups is 1. The number of ether oxygens (including phenoxy) is 9. The molecule has 0 unspecified atom stereocenters. The molecule has 13 heteroatoms. The van der Waals surface area contributed by atoms with Gasteiger partial charge in [0.1, 0.15) is 66.0 Å². The van der Waals surface area contributed by atoms with Gasteiger partial charge in [0.25, 0.3) is 0 Å². The van der Waals surface area contributed by atoms with E-state index in [1.807, 2.05) is 32.1 Å². The smallest absolute Gasteiger partial charge is 0.178 e. The van der Waals surface area contributed by atoms with Crippen molar-refractivity contribution in [1.82, 2.24) is 0 Å². The monoisotopic (exact) mass is 868 g/mol. The first kappa shape index (κ1) is 40.0. The molecule has 0 saturated carbocycles. The first-order valence-corrected chi connectivity index (χ1v) is 20.4. The van der Waals surface area contributed by atoms with Gasteiger partial charge < -0.3 is 47.7 Å². The predicted octanol–water partition coefficient (Wildman–Crippen LogP) is 8.12. The molecule has 4 aromatic rings. The van der Waals surface area contributed by atoms with Gasteiger partial charge in [0, 0.05) is 46.1 Å². The number of phenolic OH excluding ortho intramolecular Hbond substituents is 1. The van der Waals surface area contributed by atoms with Crippen LogP contribution in [0.1, 0.15) is 68.7 Å². The van der Waals surface area contributed by atoms with Crippen molar-refractivity contribution in [3.8, 4) is 57.5 Å². The van der Waals surface area contributed by atoms with Crippen LogP contribution in [0.15, 0.2) is 72.3 Å². The number of carbonyl (C=O) groups excluding carboxylic acids is 2. The summed E-state index contributed by atoms with van der Waals surface area (Å²) in [6.07, 6.45) is 2.15. The van der Waals surface area contributed by atoms with Gasteiger partial charge in [-0.25, -0.2) is 0 Å². The van der Waals surface area contributed by atoms with Crippen molar-refractivity contribution in [3.05, 3.63) is 106 Å². The molecule has 5 atom stereocenters. The summed E-state index contributed by atoms with van der Waals surface area (Å²) < 4.78 is 51.9. The van der Waals surface area contributed by atoms with Gasteiger partial charge in [0.05, 0.1) is 51.4 Å². The Kier molecular flexibility index (Phi) is 10.9. The minimum absolute atomic E-state index is 0.0228. The van der Waals surface area contributed by atoms with Crippen molar-refractivity contribution in [2.24, 2.45) is 0 Å². The van der Waals surface area contributed by atoms with Gasteiger partial charge in [-0.3, -0.25) is 9.59 Å². The van der Waals surface area contributed by atoms with E-state index in [0.29, 0.717) is 81.1 Å². The highest BCUT2D eigenvalue weighted by Crippen LogP contribution is 2.51. The second kappa shape index (κ2) is 16.1. The molecule has 5 heterocycles. The summed E-state index contributed by atoms with van der Waals surface area (Å²) in [5.74, 6) is 4.32. The zero-order chi connectivity index (χ0) is 41.7. The lowest BCUT2D eigenvalue weighted by Crippen LogP contribution is -2.43. The summed E-state index contributed by atoms with van der Waals surface area (Å²) in [6.45, 7) is 8.44. The van der Waals surface area contributed by atoms with Crippen LogP contribution < -0.4 is 42.6 Å². The zero-order valence-corrected chi connectivity index (χ0v) is 35.2. The molecule has 9 rings (SSSR count). The van der Waals surface area contributed by atoms with Crippen LogP contribution in [0.2, 0.25) is 0 Å². The van der Waals surface area contributed by atoms with Crippen LogP contribution in [0.25, 0.3) is 0 Å². The number of halogens is 1. The van der Waals surface area contributed by atoms with Crippen molar-refractivity contribution in [2.45, 2.75) is 56.8 Å². The normalized spacial score (nSPS) is 21.5. The van der Waals surface area contributed by atoms with Crippen molar-refractivity contribution in [1.29, 1.82) is 0 Å². The molecule has 1 N–H and O–H groups in total. The lowest BCUT2D eigenvalue weighted by molar-refractivity contribution is 0.0548. The highest BCUT2D eigenvalue weighted by Gasteiger charge is 2.47. The summed E-state index contributed by atoms with van der Waals surface area (Å²) in [4.78, 5) is 27.0. The third-order valence-corrected chi connectivity index (χ3v) is 12.3. The Labute approximate surface area is 350 Å². The largest absolute Gasteiger partial charge is 0.508 e. The molecule has 0 saturated heterocycles. The Morgan fingerprint density at radius 3 is 1.78 bits per heavy atom. The third-order valence-electron chi connectivity index (χ3n) is 11.4. The van der Waals surface area contributed by atoms with Crippen LogP contribution in [-0.2, 0) is 12.8 Å². The quantitative estimate of drug-likeness (QED) is 0.135. The molecule has 5 aliphatic heterocycles. The number of carbonyl (C=O) groups is 2. The van der Waals surface area contributed by atoms with Crippen LogP contribution >= 0.6 is 15.9 Å². The number of Topliss-reactive ketones (excluding diaryl/α,β-unsaturated/α-hetero) is 2. The van der Waals surface area contributed by atoms with Crippen LogP contribution in [-0.4, -0.2) is 82.0 Å². The fraction of sp³-hybridized carbons (Fsp3) is 0.348. The molecule has 0 aliphatic carbocycles. The van der Waals surface area contributed by atoms with Crippen LogP contribution in [0.3, 0.4) is 0 Å². The van der Waals surface area contributed by atoms with E-state index in [9.17, 15) is 14.7 Å². The minimum Gasteiger partial charge on any atom is -0.508 e. The number of alkyl halides is 1. The zero-order valence-electron chi connectivity index (χ0n) is 33.6. The predicted molar refractivity (Wildman–Crippen MR) is 222 cm³/mol. The van der Waals surface area contributed by atoms with Gasteiger partial charge in [-0.15, -0.1) is 0 Å². The molecule has 12 nitrogen and oxygen atoms in total. The van der Waals surface area contributed by atoms with E-state index < -0.39 is 24.0 Å². The maximum absolute atomic E-state index is 13.5. The number of hydrogen-bond donors (Lipinski definition) is 1. The number of benzene rings is 4. The van der Waals surface area contributed by atoms with Gasteiger partial charge in [-0.2, -0.15) is 0 Å². The van der Waals surface area contributed by atoms with E-state index in [2.05, 4.69) is 22.5 Å². The maximum atomic E-state index is 13.5. The lowest BCUT2D eigenvalue weighted by Gasteiger charge is -2.38. The summed E-state index contributed by atoms with van der Waals surface area (Å²) in [6, 6.07) is 13.9. The molecular weight excluding hydrogens is 824 g/mol. The number of hydrogen-bond acceptors (Lipinski definition) is 12. The van der Waals surface area contributed by atoms with Gasteiger partial charge >= 0.3 is 0 Å². The van der Waals surface area contributed by atoms with E-state index in [1.165, 1.54) is 0 Å². The van der Waals surface area contributed by atoms with E-state index in [4.69, 9.17) is 42.6 Å². The number of fused-ring (bicyclic) bond motifs is 10. The first-order chi connectivity index (χ1) is 28.5. The third kappa shape index (κ3) is 6.98. The Morgan fingerprint density at radius 1 is 0.746 bits per heavy atom. The Hall–Kier alpha value is -5.82. The highest BCUT2D eigenvalue weighted by atomic mass is 79.9. The van der Waals surface area contributed by atoms with E-state index in [0.717, 1.165) is 33.4 Å². The van der Waals surface area contributed by atoms with Crippen molar-refractivity contribution in [2.75, 3.05) is 47.0 Å². The van der Waals surface area contributed by atoms with Crippen LogP contribution in [0.4, 0.5) is 0 Å². The van der Waals surface area contributed by atoms with Gasteiger partial charge in [0.2, 0.25) is 0 Å². The topological polar surface area (TPSA) is 137 Å². The SMILES string of the molecule is C=C(C)[C@H]1Cc2c(ccc3c2O[C@@H]2COc4cc(OC)c(OC)cc4[C@@H]2C3=O)O1.COc1cc2c(cc1OC)[C@@H]1C(=O)c3ccc(O)c(C/C=C(\C)CBr)c3O[C@@H]1CO2. The Bertz CT molecular complexity index is 2400. The highest BCUT2D eigenvalue weighted by molar-refractivity contribution is 9.09. The number of allylic oxidation sites excluding steroid dienone is 2. The molecule has 308 valence electrons. The fourth-order valence-electron chi connectivity index (χ4n) is 8.26. The Balaban J connectivity index is 0.000000164. The minimum atomic E-state index is -0.515. The van der Waals surface area contributed by atoms with Gasteiger partial charge in [-0.05, 0) is 62.2 Å². The number of ketones is 2. The van der Waals surface area contributed by atoms with E-state index in [-0.39, 0.29) is 36.6 Å². The lowest BCUT2D eigenvalue weighted by atomic mass is 9.81. The summed E-state index contributed by atoms with van der Waals surface area (Å²) in [5, 5.41) is 11.2. The van der Waals surface area contributed by atoms with Crippen LogP contribution in [0.5, 0.6) is 57.5 Å². The standard InChI is InChI=1S/C23H23BrO6.C23H22O6/c1-12(10-24)4-5-13-16(25)7-6-14-22(26)21-15-8-18(27-2)19(28-3)9-17(15)29-11-20(21)30-23(13)14;1-11(2)16-8-14-15(28-16)6-5-12-22(24)21-13-7-18(25-3)19(26-4)9-17(13)27-10-20(21)29-23(12)14/h4,6-9,20-21,25H,5,10-11H2,1-3H3;5-7,9,16,20-21H,1,8,10H2,2-4H3/b12-4+;/t20-,21+;16-,20-,21+/m11/s1. The number of methoxy groups -OCH3 is 4. The van der Waals surface area contributed by atoms with E-state index >= 15 is 0 Å². The summed E-state index contributed by atoms with van der Waals surface area (Å²) in [5.41, 5.74) is 6.14. The average Bonchev–Trinajstić information content (AvgIpc) is 3.70. The second-order valence-corrected chi connectivity index (χ2v) is 15.6. The van der Waals surface area contributed by atoms with Crippen LogP contribution in [0, 0.1) is 0 Å². The van der Waals surface area contributed by atoms with Crippen molar-refractivity contribution < 1.29 is 57.3 Å². The second-order valence-electron chi connectivity index (χ2n) is 15.0. The van der Waals surface area contributed by atoms with Crippen molar-refractivity contribution >= 4 is 27.5 Å². The maximum Gasteiger partial charge on any atom is 0.178 e. The Morgan fingerprint density at radius 2 is 1.25 bits per heavy atom. The van der Waals surface area contributed by atoms with Crippen molar-refractivity contribution in [3.63, 3.8) is 0 Å². The fourth-order valence-corrected chi connectivity index (χ4v) is 8.49. The van der Waals surface area contributed by atoms with Gasteiger partial charge in [0.15, 0.2) is 34.6 Å². The number of rotatable bonds is 8. The molecule has 4 aromatic carbocycles. The molecule has 0 fully saturated rings. The number of phenols is 1. The molecule has 59 heavy (non-hydrogen) atoms. The molecule has 0 bridgehead atoms.